The molecule has 0 bridgehead atoms. The minimum absolute atomic E-state index is 0.0358. The smallest absolute Gasteiger partial charge is 0.480 e. The summed E-state index contributed by atoms with van der Waals surface area (Å²) >= 11 is 0. The molecule has 9 heteroatoms. The number of aliphatic carboxylic acids is 1. The van der Waals surface area contributed by atoms with Gasteiger partial charge >= 0.3 is 12.1 Å². The van der Waals surface area contributed by atoms with Crippen molar-refractivity contribution in [2.24, 2.45) is 5.92 Å². The Morgan fingerprint density at radius 2 is 1.95 bits per heavy atom. The van der Waals surface area contributed by atoms with E-state index in [2.05, 4.69) is 17.4 Å². The van der Waals surface area contributed by atoms with Crippen molar-refractivity contribution in [2.45, 2.75) is 81.9 Å². The maximum absolute atomic E-state index is 12.8. The van der Waals surface area contributed by atoms with Crippen LogP contribution < -0.4 is 5.32 Å². The molecule has 2 heterocycles. The molecule has 1 aromatic heterocycles. The highest BCUT2D eigenvalue weighted by molar-refractivity contribution is 5.73. The molecule has 9 nitrogen and oxygen atoms in total. The zero-order valence-electron chi connectivity index (χ0n) is 21.6. The van der Waals surface area contributed by atoms with Gasteiger partial charge in [0.25, 0.3) is 0 Å². The predicted molar refractivity (Wildman–Crippen MR) is 141 cm³/mol. The van der Waals surface area contributed by atoms with Crippen LogP contribution in [0.25, 0.3) is 0 Å². The third-order valence-electron chi connectivity index (χ3n) is 8.19. The average molecular weight is 524 g/mol. The first-order valence-electron chi connectivity index (χ1n) is 13.8. The molecule has 3 aliphatic rings. The highest BCUT2D eigenvalue weighted by atomic mass is 16.8. The van der Waals surface area contributed by atoms with Gasteiger partial charge in [0, 0.05) is 30.8 Å². The summed E-state index contributed by atoms with van der Waals surface area (Å²) in [6.07, 6.45) is 5.84. The molecule has 0 spiro atoms. The van der Waals surface area contributed by atoms with Crippen molar-refractivity contribution in [3.05, 3.63) is 59.3 Å². The van der Waals surface area contributed by atoms with Crippen LogP contribution in [0.4, 0.5) is 10.6 Å². The molecule has 1 aliphatic heterocycles. The highest BCUT2D eigenvalue weighted by Crippen LogP contribution is 2.40. The van der Waals surface area contributed by atoms with E-state index in [0.29, 0.717) is 18.8 Å². The molecule has 2 fully saturated rings. The number of carboxylic acids is 1. The minimum atomic E-state index is -1.13. The van der Waals surface area contributed by atoms with Crippen molar-refractivity contribution in [1.29, 1.82) is 0 Å². The molecule has 0 amide bonds. The second-order valence-corrected chi connectivity index (χ2v) is 10.7. The Labute approximate surface area is 223 Å². The standard InChI is InChI=1S/C29H37N3O6/c33-16-14-25(28(34)35)32(38-29(36)37-26-13-12-24(26)20-5-2-1-3-6-20)23-17-19(18-23)8-10-22-11-9-21-7-4-15-30-27(21)31-22/h1-3,5-6,9,11,19,23-26,33H,4,7-8,10,12-18H2,(H,30,31)(H,34,35)/t19?,23?,24?,25-,26?/m0/s1. The van der Waals surface area contributed by atoms with Crippen LogP contribution >= 0.6 is 0 Å². The second kappa shape index (κ2) is 12.1. The Morgan fingerprint density at radius 3 is 2.66 bits per heavy atom. The zero-order valence-corrected chi connectivity index (χ0v) is 21.6. The van der Waals surface area contributed by atoms with Gasteiger partial charge in [0.15, 0.2) is 0 Å². The van der Waals surface area contributed by atoms with Crippen molar-refractivity contribution in [3.63, 3.8) is 0 Å². The Hall–Kier alpha value is -3.17. The Morgan fingerprint density at radius 1 is 1.13 bits per heavy atom. The molecular formula is C29H37N3O6. The van der Waals surface area contributed by atoms with E-state index in [1.807, 2.05) is 30.3 Å². The molecule has 2 aliphatic carbocycles. The van der Waals surface area contributed by atoms with Crippen LogP contribution in [0.5, 0.6) is 0 Å². The predicted octanol–water partition coefficient (Wildman–Crippen LogP) is 4.30. The molecular weight excluding hydrogens is 486 g/mol. The minimum Gasteiger partial charge on any atom is -0.480 e. The van der Waals surface area contributed by atoms with Crippen LogP contribution in [-0.4, -0.2) is 63.7 Å². The van der Waals surface area contributed by atoms with E-state index >= 15 is 0 Å². The first-order chi connectivity index (χ1) is 18.5. The van der Waals surface area contributed by atoms with E-state index in [9.17, 15) is 19.8 Å². The van der Waals surface area contributed by atoms with E-state index in [1.54, 1.807) is 0 Å². The summed E-state index contributed by atoms with van der Waals surface area (Å²) < 4.78 is 5.62. The van der Waals surface area contributed by atoms with Crippen molar-refractivity contribution in [2.75, 3.05) is 18.5 Å². The lowest BCUT2D eigenvalue weighted by Gasteiger charge is -2.43. The highest BCUT2D eigenvalue weighted by Gasteiger charge is 2.43. The number of nitrogens with zero attached hydrogens (tertiary/aromatic N) is 2. The first kappa shape index (κ1) is 26.4. The number of carbonyl (C=O) groups is 2. The number of carbonyl (C=O) groups excluding carboxylic acids is 1. The third kappa shape index (κ3) is 6.10. The van der Waals surface area contributed by atoms with E-state index in [0.717, 1.165) is 62.1 Å². The van der Waals surface area contributed by atoms with E-state index in [1.165, 1.54) is 10.6 Å². The lowest BCUT2D eigenvalue weighted by atomic mass is 9.76. The number of aliphatic hydroxyl groups excluding tert-OH is 1. The van der Waals surface area contributed by atoms with Gasteiger partial charge in [0.1, 0.15) is 18.0 Å². The van der Waals surface area contributed by atoms with Crippen molar-refractivity contribution in [1.82, 2.24) is 10.0 Å². The van der Waals surface area contributed by atoms with Crippen LogP contribution in [0.3, 0.4) is 0 Å². The number of hydroxylamine groups is 2. The molecule has 3 atom stereocenters. The van der Waals surface area contributed by atoms with Gasteiger partial charge in [-0.25, -0.2) is 9.78 Å². The monoisotopic (exact) mass is 523 g/mol. The van der Waals surface area contributed by atoms with Crippen LogP contribution in [-0.2, 0) is 27.2 Å². The second-order valence-electron chi connectivity index (χ2n) is 10.7. The molecule has 3 N–H and O–H groups in total. The number of aliphatic hydroxyl groups is 1. The summed E-state index contributed by atoms with van der Waals surface area (Å²) in [7, 11) is 0. The fourth-order valence-electron chi connectivity index (χ4n) is 5.80. The van der Waals surface area contributed by atoms with Gasteiger partial charge in [-0.05, 0) is 80.9 Å². The van der Waals surface area contributed by atoms with Crippen LogP contribution in [0.1, 0.15) is 67.7 Å². The molecule has 2 aromatic rings. The number of pyridine rings is 1. The summed E-state index contributed by atoms with van der Waals surface area (Å²) in [6.45, 7) is 0.636. The number of hydrogen-bond acceptors (Lipinski definition) is 8. The number of ether oxygens (including phenoxy) is 1. The molecule has 0 saturated heterocycles. The molecule has 0 radical (unpaired) electrons. The number of rotatable bonds is 11. The maximum Gasteiger partial charge on any atom is 0.528 e. The van der Waals surface area contributed by atoms with Gasteiger partial charge in [-0.3, -0.25) is 4.79 Å². The molecule has 204 valence electrons. The van der Waals surface area contributed by atoms with Gasteiger partial charge in [0.05, 0.1) is 0 Å². The lowest BCUT2D eigenvalue weighted by Crippen LogP contribution is -2.54. The van der Waals surface area contributed by atoms with Crippen molar-refractivity contribution >= 4 is 17.9 Å². The number of hydrogen-bond donors (Lipinski definition) is 3. The summed E-state index contributed by atoms with van der Waals surface area (Å²) in [5.41, 5.74) is 3.43. The number of benzene rings is 1. The fourth-order valence-corrected chi connectivity index (χ4v) is 5.80. The van der Waals surface area contributed by atoms with Gasteiger partial charge in [-0.1, -0.05) is 36.4 Å². The summed E-state index contributed by atoms with van der Waals surface area (Å²) in [5.74, 6) is 0.357. The molecule has 2 unspecified atom stereocenters. The zero-order chi connectivity index (χ0) is 26.5. The largest absolute Gasteiger partial charge is 0.528 e. The lowest BCUT2D eigenvalue weighted by molar-refractivity contribution is -0.218. The Bertz CT molecular complexity index is 1110. The first-order valence-corrected chi connectivity index (χ1v) is 13.8. The van der Waals surface area contributed by atoms with Gasteiger partial charge in [-0.15, -0.1) is 5.06 Å². The SMILES string of the molecule is O=C(OC1CCC1c1ccccc1)ON(C1CC(CCc2ccc3c(n2)NCCC3)C1)[C@@H](CCO)C(=O)O. The van der Waals surface area contributed by atoms with Crippen molar-refractivity contribution in [3.8, 4) is 0 Å². The third-order valence-corrected chi connectivity index (χ3v) is 8.19. The Kier molecular flexibility index (Phi) is 8.44. The van der Waals surface area contributed by atoms with Gasteiger partial charge in [0.2, 0.25) is 0 Å². The van der Waals surface area contributed by atoms with Crippen LogP contribution in [0.2, 0.25) is 0 Å². The number of fused-ring (bicyclic) bond motifs is 1. The Balaban J connectivity index is 1.16. The molecule has 2 saturated carbocycles. The van der Waals surface area contributed by atoms with E-state index in [4.69, 9.17) is 14.6 Å². The number of carboxylic acid groups (broad SMARTS) is 1. The topological polar surface area (TPSA) is 121 Å². The van der Waals surface area contributed by atoms with E-state index in [-0.39, 0.29) is 31.1 Å². The number of aryl methyl sites for hydroxylation is 2. The molecule has 38 heavy (non-hydrogen) atoms. The normalized spacial score (nSPS) is 24.8. The van der Waals surface area contributed by atoms with Crippen molar-refractivity contribution < 1.29 is 29.4 Å². The van der Waals surface area contributed by atoms with Gasteiger partial charge < -0.3 is 25.1 Å². The maximum atomic E-state index is 12.8. The number of anilines is 1. The summed E-state index contributed by atoms with van der Waals surface area (Å²) in [6, 6.07) is 12.8. The number of nitrogens with one attached hydrogen (secondary N) is 1. The quantitative estimate of drug-likeness (QED) is 0.292. The number of aromatic nitrogens is 1. The fraction of sp³-hybridized carbons (Fsp3) is 0.552. The average Bonchev–Trinajstić information content (AvgIpc) is 2.88. The summed E-state index contributed by atoms with van der Waals surface area (Å²) in [5, 5.41) is 23.9. The molecule has 1 aromatic carbocycles. The van der Waals surface area contributed by atoms with Crippen LogP contribution in [0.15, 0.2) is 42.5 Å². The van der Waals surface area contributed by atoms with Crippen LogP contribution in [0, 0.1) is 5.92 Å². The molecule has 5 rings (SSSR count). The van der Waals surface area contributed by atoms with E-state index < -0.39 is 18.2 Å². The van der Waals surface area contributed by atoms with Gasteiger partial charge in [-0.2, -0.15) is 0 Å². The summed E-state index contributed by atoms with van der Waals surface area (Å²) in [4.78, 5) is 35.1.